The molecule has 1 unspecified atom stereocenters. The third kappa shape index (κ3) is 4.11. The Morgan fingerprint density at radius 1 is 1.15 bits per heavy atom. The number of benzene rings is 2. The summed E-state index contributed by atoms with van der Waals surface area (Å²) in [5.74, 6) is 0.0887. The fourth-order valence-corrected chi connectivity index (χ4v) is 3.20. The van der Waals surface area contributed by atoms with E-state index >= 15 is 0 Å². The number of hydrogen-bond donors (Lipinski definition) is 1. The molecule has 0 saturated carbocycles. The Bertz CT molecular complexity index is 895. The lowest BCUT2D eigenvalue weighted by Crippen LogP contribution is -2.38. The number of halogens is 1. The molecule has 2 aromatic rings. The summed E-state index contributed by atoms with van der Waals surface area (Å²) in [5.41, 5.74) is 1.99. The topological polar surface area (TPSA) is 75.7 Å². The molecule has 1 aliphatic heterocycles. The first-order chi connectivity index (χ1) is 12.9. The molecule has 2 aromatic carbocycles. The number of anilines is 1. The van der Waals surface area contributed by atoms with E-state index in [1.165, 1.54) is 13.8 Å². The van der Waals surface area contributed by atoms with Gasteiger partial charge >= 0.3 is 0 Å². The minimum absolute atomic E-state index is 0.0107. The Hall–Kier alpha value is -2.86. The fraction of sp³-hybridized carbons (Fsp3) is 0.250. The average molecular weight is 387 g/mol. The van der Waals surface area contributed by atoms with Crippen LogP contribution in [0.15, 0.2) is 42.5 Å². The molecular weight excluding hydrogens is 368 g/mol. The van der Waals surface area contributed by atoms with Gasteiger partial charge < -0.3 is 15.0 Å². The van der Waals surface area contributed by atoms with E-state index in [2.05, 4.69) is 5.32 Å². The monoisotopic (exact) mass is 386 g/mol. The average Bonchev–Trinajstić information content (AvgIpc) is 2.87. The molecule has 0 fully saturated rings. The maximum atomic E-state index is 12.7. The van der Waals surface area contributed by atoms with E-state index in [-0.39, 0.29) is 24.2 Å². The number of nitrogens with one attached hydrogen (secondary N) is 1. The van der Waals surface area contributed by atoms with Crippen LogP contribution in [-0.2, 0) is 9.59 Å². The van der Waals surface area contributed by atoms with Gasteiger partial charge in [-0.15, -0.1) is 0 Å². The van der Waals surface area contributed by atoms with Gasteiger partial charge in [-0.2, -0.15) is 0 Å². The highest BCUT2D eigenvalue weighted by atomic mass is 35.5. The molecule has 0 bridgehead atoms. The highest BCUT2D eigenvalue weighted by Gasteiger charge is 2.37. The molecule has 27 heavy (non-hydrogen) atoms. The van der Waals surface area contributed by atoms with Crippen LogP contribution in [0.1, 0.15) is 35.8 Å². The van der Waals surface area contributed by atoms with Crippen molar-refractivity contribution < 1.29 is 19.1 Å². The third-order valence-corrected chi connectivity index (χ3v) is 4.53. The van der Waals surface area contributed by atoms with Gasteiger partial charge in [-0.25, -0.2) is 0 Å². The first-order valence-corrected chi connectivity index (χ1v) is 8.86. The van der Waals surface area contributed by atoms with Gasteiger partial charge in [0.25, 0.3) is 5.91 Å². The fourth-order valence-electron chi connectivity index (χ4n) is 3.02. The number of Topliss-reactive ketones (excluding diaryl/α,β-unsaturated/α-hetero) is 1. The lowest BCUT2D eigenvalue weighted by molar-refractivity contribution is -0.126. The highest BCUT2D eigenvalue weighted by Crippen LogP contribution is 2.37. The van der Waals surface area contributed by atoms with E-state index in [1.807, 2.05) is 0 Å². The number of carbonyl (C=O) groups excluding carboxylic acids is 3. The van der Waals surface area contributed by atoms with Crippen LogP contribution in [0.5, 0.6) is 5.75 Å². The summed E-state index contributed by atoms with van der Waals surface area (Å²) >= 11 is 6.05. The molecule has 7 heteroatoms. The van der Waals surface area contributed by atoms with Gasteiger partial charge in [0, 0.05) is 28.8 Å². The van der Waals surface area contributed by atoms with Crippen LogP contribution in [0.4, 0.5) is 5.69 Å². The van der Waals surface area contributed by atoms with Crippen molar-refractivity contribution in [2.24, 2.45) is 0 Å². The Morgan fingerprint density at radius 2 is 1.85 bits per heavy atom. The van der Waals surface area contributed by atoms with E-state index in [9.17, 15) is 14.4 Å². The SMILES string of the molecule is CC(=O)NC1C(=O)N(CCOc2ccc(C(C)=O)cc2)c2ccc(Cl)cc21. The number of rotatable bonds is 6. The van der Waals surface area contributed by atoms with E-state index < -0.39 is 6.04 Å². The molecule has 1 aliphatic rings. The van der Waals surface area contributed by atoms with Crippen molar-refractivity contribution in [3.63, 3.8) is 0 Å². The van der Waals surface area contributed by atoms with Gasteiger partial charge in [0.2, 0.25) is 5.91 Å². The summed E-state index contributed by atoms with van der Waals surface area (Å²) in [7, 11) is 0. The number of ketones is 1. The number of carbonyl (C=O) groups is 3. The van der Waals surface area contributed by atoms with Crippen molar-refractivity contribution in [3.05, 3.63) is 58.6 Å². The molecule has 0 radical (unpaired) electrons. The molecule has 0 aromatic heterocycles. The zero-order valence-electron chi connectivity index (χ0n) is 15.0. The molecule has 2 amide bonds. The van der Waals surface area contributed by atoms with Gasteiger partial charge in [0.15, 0.2) is 5.78 Å². The lowest BCUT2D eigenvalue weighted by atomic mass is 10.1. The standard InChI is InChI=1S/C20H19ClN2O4/c1-12(24)14-3-6-16(7-4-14)27-10-9-23-18-8-5-15(21)11-17(18)19(20(23)26)22-13(2)25/h3-8,11,19H,9-10H2,1-2H3,(H,22,25). The number of amides is 2. The predicted molar refractivity (Wildman–Crippen MR) is 102 cm³/mol. The summed E-state index contributed by atoms with van der Waals surface area (Å²) in [6, 6.07) is 11.2. The molecule has 1 atom stereocenters. The summed E-state index contributed by atoms with van der Waals surface area (Å²) in [4.78, 5) is 37.1. The van der Waals surface area contributed by atoms with E-state index in [0.29, 0.717) is 34.1 Å². The predicted octanol–water partition coefficient (Wildman–Crippen LogP) is 3.15. The van der Waals surface area contributed by atoms with Crippen molar-refractivity contribution >= 4 is 34.9 Å². The van der Waals surface area contributed by atoms with Gasteiger partial charge in [0.1, 0.15) is 18.4 Å². The summed E-state index contributed by atoms with van der Waals surface area (Å²) in [5, 5.41) is 3.17. The van der Waals surface area contributed by atoms with E-state index in [1.54, 1.807) is 47.4 Å². The van der Waals surface area contributed by atoms with Gasteiger partial charge in [-0.3, -0.25) is 14.4 Å². The summed E-state index contributed by atoms with van der Waals surface area (Å²) in [6.45, 7) is 3.45. The number of fused-ring (bicyclic) bond motifs is 1. The molecule has 1 N–H and O–H groups in total. The third-order valence-electron chi connectivity index (χ3n) is 4.30. The largest absolute Gasteiger partial charge is 0.492 e. The second kappa shape index (κ2) is 7.80. The quantitative estimate of drug-likeness (QED) is 0.774. The Balaban J connectivity index is 1.70. The van der Waals surface area contributed by atoms with Crippen LogP contribution in [0.25, 0.3) is 0 Å². The molecule has 140 valence electrons. The van der Waals surface area contributed by atoms with Crippen molar-refractivity contribution in [2.75, 3.05) is 18.1 Å². The van der Waals surface area contributed by atoms with E-state index in [4.69, 9.17) is 16.3 Å². The summed E-state index contributed by atoms with van der Waals surface area (Å²) in [6.07, 6.45) is 0. The first-order valence-electron chi connectivity index (χ1n) is 8.48. The van der Waals surface area contributed by atoms with Crippen molar-refractivity contribution in [2.45, 2.75) is 19.9 Å². The highest BCUT2D eigenvalue weighted by molar-refractivity contribution is 6.31. The number of hydrogen-bond acceptors (Lipinski definition) is 4. The molecular formula is C20H19ClN2O4. The van der Waals surface area contributed by atoms with Crippen LogP contribution < -0.4 is 15.0 Å². The zero-order valence-corrected chi connectivity index (χ0v) is 15.7. The Morgan fingerprint density at radius 3 is 2.48 bits per heavy atom. The molecule has 6 nitrogen and oxygen atoms in total. The second-order valence-electron chi connectivity index (χ2n) is 6.26. The maximum Gasteiger partial charge on any atom is 0.254 e. The minimum atomic E-state index is -0.744. The van der Waals surface area contributed by atoms with Gasteiger partial charge in [-0.05, 0) is 49.4 Å². The Kier molecular flexibility index (Phi) is 5.46. The van der Waals surface area contributed by atoms with Crippen LogP contribution in [0.3, 0.4) is 0 Å². The Labute approximate surface area is 162 Å². The van der Waals surface area contributed by atoms with E-state index in [0.717, 1.165) is 0 Å². The molecule has 0 spiro atoms. The zero-order chi connectivity index (χ0) is 19.6. The van der Waals surface area contributed by atoms with Crippen LogP contribution in [-0.4, -0.2) is 30.7 Å². The maximum absolute atomic E-state index is 12.7. The van der Waals surface area contributed by atoms with Crippen molar-refractivity contribution in [3.8, 4) is 5.75 Å². The second-order valence-corrected chi connectivity index (χ2v) is 6.69. The number of nitrogens with zero attached hydrogens (tertiary/aromatic N) is 1. The molecule has 0 aliphatic carbocycles. The number of ether oxygens (including phenoxy) is 1. The van der Waals surface area contributed by atoms with Crippen LogP contribution in [0, 0.1) is 0 Å². The molecule has 0 saturated heterocycles. The normalized spacial score (nSPS) is 15.4. The summed E-state index contributed by atoms with van der Waals surface area (Å²) < 4.78 is 5.69. The van der Waals surface area contributed by atoms with Gasteiger partial charge in [-0.1, -0.05) is 11.6 Å². The van der Waals surface area contributed by atoms with Crippen molar-refractivity contribution in [1.29, 1.82) is 0 Å². The molecule has 3 rings (SSSR count). The van der Waals surface area contributed by atoms with Crippen LogP contribution in [0.2, 0.25) is 5.02 Å². The smallest absolute Gasteiger partial charge is 0.254 e. The first kappa shape index (κ1) is 18.9. The van der Waals surface area contributed by atoms with Crippen molar-refractivity contribution in [1.82, 2.24) is 5.32 Å². The van der Waals surface area contributed by atoms with Gasteiger partial charge in [0.05, 0.1) is 6.54 Å². The molecule has 1 heterocycles. The van der Waals surface area contributed by atoms with Crippen LogP contribution >= 0.6 is 11.6 Å². The lowest BCUT2D eigenvalue weighted by Gasteiger charge is -2.18. The minimum Gasteiger partial charge on any atom is -0.492 e.